The van der Waals surface area contributed by atoms with Crippen molar-refractivity contribution in [2.24, 2.45) is 23.5 Å². The Morgan fingerprint density at radius 2 is 1.08 bits per heavy atom. The Bertz CT molecular complexity index is 1710. The smallest absolute Gasteiger partial charge is 1.00 e. The fraction of sp³-hybridized carbons (Fsp3) is 0.531. The van der Waals surface area contributed by atoms with Gasteiger partial charge in [0.1, 0.15) is 0 Å². The quantitative estimate of drug-likeness (QED) is 0.149. The summed E-state index contributed by atoms with van der Waals surface area (Å²) in [5.74, 6) is 6.38. The van der Waals surface area contributed by atoms with Crippen LogP contribution in [0.4, 0.5) is 0 Å². The van der Waals surface area contributed by atoms with Gasteiger partial charge in [0.2, 0.25) is 0 Å². The molecule has 0 spiro atoms. The van der Waals surface area contributed by atoms with Crippen LogP contribution in [0.3, 0.4) is 0 Å². The molecule has 3 N–H and O–H groups in total. The zero-order valence-corrected chi connectivity index (χ0v) is 49.9. The molecule has 1 unspecified atom stereocenters. The molecule has 0 saturated heterocycles. The number of hydrogen-bond donors (Lipinski definition) is 2. The summed E-state index contributed by atoms with van der Waals surface area (Å²) >= 11 is 17.7. The van der Waals surface area contributed by atoms with Crippen LogP contribution < -0.4 is 69.3 Å². The number of aliphatic hydroxyl groups is 1. The van der Waals surface area contributed by atoms with Gasteiger partial charge in [0, 0.05) is 42.0 Å². The monoisotopic (exact) mass is 1070 g/mol. The second-order valence-electron chi connectivity index (χ2n) is 16.6. The molecule has 63 heavy (non-hydrogen) atoms. The zero-order chi connectivity index (χ0) is 43.2. The number of nitrogens with zero attached hydrogens (tertiary/aromatic N) is 2. The summed E-state index contributed by atoms with van der Waals surface area (Å²) in [5, 5.41) is 28.8. The summed E-state index contributed by atoms with van der Waals surface area (Å²) in [4.78, 5) is 0. The van der Waals surface area contributed by atoms with E-state index < -0.39 is 0 Å². The van der Waals surface area contributed by atoms with E-state index in [2.05, 4.69) is 98.4 Å². The van der Waals surface area contributed by atoms with Crippen molar-refractivity contribution >= 4 is 103 Å². The predicted octanol–water partition coefficient (Wildman–Crippen LogP) is 3.44. The third kappa shape index (κ3) is 24.8. The Morgan fingerprint density at radius 1 is 0.746 bits per heavy atom. The van der Waals surface area contributed by atoms with Crippen LogP contribution in [-0.4, -0.2) is 86.3 Å². The van der Waals surface area contributed by atoms with Crippen molar-refractivity contribution in [3.8, 4) is 17.8 Å². The van der Waals surface area contributed by atoms with Crippen LogP contribution >= 0.6 is 34.8 Å². The molecular weight excluding hydrogens is 1010 g/mol. The van der Waals surface area contributed by atoms with E-state index in [9.17, 15) is 5.41 Å². The maximum Gasteiger partial charge on any atom is 2.00 e. The van der Waals surface area contributed by atoms with Gasteiger partial charge in [-0.05, 0) is 129 Å². The molecule has 0 aromatic heterocycles. The van der Waals surface area contributed by atoms with Crippen molar-refractivity contribution in [1.29, 1.82) is 5.26 Å². The molecular formula is C49H68B2Br2Cl3Mg2N3NaO. The Kier molecular flexibility index (Phi) is 47.4. The van der Waals surface area contributed by atoms with Crippen LogP contribution in [0.15, 0.2) is 72.8 Å². The largest absolute Gasteiger partial charge is 2.00 e. The maximum atomic E-state index is 10.4. The Balaban J connectivity index is -0.000000132. The van der Waals surface area contributed by atoms with E-state index in [0.717, 1.165) is 72.7 Å². The molecule has 3 saturated carbocycles. The first-order valence-electron chi connectivity index (χ1n) is 20.4. The summed E-state index contributed by atoms with van der Waals surface area (Å²) in [6.07, 6.45) is 12.1. The summed E-state index contributed by atoms with van der Waals surface area (Å²) in [6.45, 7) is 18.2. The number of benzene rings is 3. The summed E-state index contributed by atoms with van der Waals surface area (Å²) in [5.41, 5.74) is 10.7. The topological polar surface area (TPSA) is 92.3 Å². The Hall–Kier alpha value is 0.792. The van der Waals surface area contributed by atoms with Crippen LogP contribution in [0.5, 0.6) is 0 Å². The normalized spacial score (nSPS) is 15.0. The molecule has 3 aromatic carbocycles. The Labute approximate surface area is 479 Å². The van der Waals surface area contributed by atoms with Gasteiger partial charge in [-0.15, -0.1) is 5.92 Å². The molecule has 0 aliphatic heterocycles. The average Bonchev–Trinajstić information content (AvgIpc) is 3.10. The molecule has 331 valence electrons. The SMILES string of the molecule is CC(C)CC(=[N-])C1(c2ccc(Cl)cc2)CCC1.CC(C)CC(N)C1(c2ccc(Cl)cc2)CCC1.CO.N#CC1(c2ccc(Cl)cc2)CCC1.[B].[B]C#CC.[Br-].[Br-].[CH2-]C(C)C.[H-].[Mg+2].[Mg+2].[Na+]. The van der Waals surface area contributed by atoms with Gasteiger partial charge >= 0.3 is 75.7 Å². The minimum Gasteiger partial charge on any atom is -1.00 e. The van der Waals surface area contributed by atoms with Crippen LogP contribution in [0.25, 0.3) is 5.41 Å². The number of halogens is 5. The third-order valence-electron chi connectivity index (χ3n) is 10.8. The first-order chi connectivity index (χ1) is 27.0. The zero-order valence-electron chi connectivity index (χ0n) is 40.6. The maximum absolute atomic E-state index is 10.4. The van der Waals surface area contributed by atoms with Crippen LogP contribution in [0.2, 0.25) is 15.1 Å². The fourth-order valence-electron chi connectivity index (χ4n) is 7.34. The molecule has 0 bridgehead atoms. The van der Waals surface area contributed by atoms with Crippen LogP contribution in [0, 0.1) is 47.7 Å². The predicted molar refractivity (Wildman–Crippen MR) is 268 cm³/mol. The third-order valence-corrected chi connectivity index (χ3v) is 11.6. The van der Waals surface area contributed by atoms with Crippen molar-refractivity contribution in [3.63, 3.8) is 0 Å². The van der Waals surface area contributed by atoms with Crippen molar-refractivity contribution in [2.75, 3.05) is 7.11 Å². The molecule has 4 nitrogen and oxygen atoms in total. The van der Waals surface area contributed by atoms with Gasteiger partial charge in [-0.2, -0.15) is 22.7 Å². The number of hydrogen-bond acceptors (Lipinski definition) is 3. The molecule has 3 aromatic rings. The van der Waals surface area contributed by atoms with E-state index in [0.29, 0.717) is 23.5 Å². The van der Waals surface area contributed by atoms with E-state index in [1.54, 1.807) is 6.92 Å². The first-order valence-corrected chi connectivity index (χ1v) is 21.5. The van der Waals surface area contributed by atoms with E-state index in [1.165, 1.54) is 36.8 Å². The summed E-state index contributed by atoms with van der Waals surface area (Å²) < 4.78 is 0. The van der Waals surface area contributed by atoms with E-state index in [4.69, 9.17) is 50.9 Å². The van der Waals surface area contributed by atoms with Gasteiger partial charge < -0.3 is 58.6 Å². The standard InChI is InChI=1S/C15H22ClN.C15H19ClN.C11H10ClN.C4H9.C3H3B.CH4O.B.2BrH.2Mg.Na.H/c2*1-11(2)10-14(17)15(8-3-9-15)12-4-6-13(16)7-5-12;12-10-4-2-9(3-5-10)11(8-13)6-1-7-11;1-4(2)3;1-2-3-4;1-2;;;;;;;/h4-7,11,14H,3,8-10,17H2,1-2H3;4-7,11H,3,8-10H2,1-2H3;2-5H,1,6-7H2;4H,1H2,2-3H3;1H3;2H,1H3;;2*1H;;;;/q;-1;;-1;;;;;;2*+2;+1;-1/p-2. The van der Waals surface area contributed by atoms with Crippen LogP contribution in [0.1, 0.15) is 137 Å². The molecule has 1 atom stereocenters. The fourth-order valence-corrected chi connectivity index (χ4v) is 7.71. The van der Waals surface area contributed by atoms with E-state index >= 15 is 0 Å². The molecule has 5 radical (unpaired) electrons. The van der Waals surface area contributed by atoms with Gasteiger partial charge in [-0.1, -0.05) is 132 Å². The van der Waals surface area contributed by atoms with Crippen molar-refractivity contribution in [3.05, 3.63) is 117 Å². The second kappa shape index (κ2) is 39.6. The Morgan fingerprint density at radius 3 is 1.32 bits per heavy atom. The molecule has 3 aliphatic carbocycles. The van der Waals surface area contributed by atoms with Crippen molar-refractivity contribution in [1.82, 2.24) is 0 Å². The summed E-state index contributed by atoms with van der Waals surface area (Å²) in [7, 11) is 5.67. The van der Waals surface area contributed by atoms with Gasteiger partial charge in [0.05, 0.1) is 11.5 Å². The van der Waals surface area contributed by atoms with Crippen molar-refractivity contribution < 1.29 is 70.1 Å². The van der Waals surface area contributed by atoms with Crippen molar-refractivity contribution in [2.45, 2.75) is 141 Å². The number of nitriles is 1. The summed E-state index contributed by atoms with van der Waals surface area (Å²) in [6, 6.07) is 26.5. The van der Waals surface area contributed by atoms with Gasteiger partial charge in [-0.25, -0.2) is 0 Å². The van der Waals surface area contributed by atoms with Crippen LogP contribution in [-0.2, 0) is 16.2 Å². The van der Waals surface area contributed by atoms with E-state index in [-0.39, 0.29) is 142 Å². The number of rotatable bonds is 9. The molecule has 3 aliphatic rings. The first kappa shape index (κ1) is 75.3. The second-order valence-corrected chi connectivity index (χ2v) is 17.9. The molecule has 6 rings (SSSR count). The molecule has 0 heterocycles. The van der Waals surface area contributed by atoms with Gasteiger partial charge in [0.25, 0.3) is 0 Å². The average molecular weight is 1070 g/mol. The molecule has 14 heteroatoms. The molecule has 3 fully saturated rings. The molecule has 0 amide bonds. The van der Waals surface area contributed by atoms with Gasteiger partial charge in [0.15, 0.2) is 7.85 Å². The minimum atomic E-state index is -0.204. The minimum absolute atomic E-state index is 0. The number of nitrogens with two attached hydrogens (primary N) is 1. The number of aliphatic hydroxyl groups excluding tert-OH is 1. The van der Waals surface area contributed by atoms with Gasteiger partial charge in [-0.3, -0.25) is 0 Å². The van der Waals surface area contributed by atoms with E-state index in [1.807, 2.05) is 48.5 Å².